The molecule has 0 bridgehead atoms. The lowest BCUT2D eigenvalue weighted by molar-refractivity contribution is -0.147. The summed E-state index contributed by atoms with van der Waals surface area (Å²) in [6.07, 6.45) is 2.69. The number of carbonyl (C=O) groups is 2. The van der Waals surface area contributed by atoms with Gasteiger partial charge in [-0.3, -0.25) is 9.59 Å². The van der Waals surface area contributed by atoms with E-state index in [4.69, 9.17) is 5.11 Å². The normalized spacial score (nSPS) is 22.8. The molecule has 2 rings (SSSR count). The molecule has 1 fully saturated rings. The Balaban J connectivity index is 2.07. The topological polar surface area (TPSA) is 79.3 Å². The molecule has 0 aromatic carbocycles. The fraction of sp³-hybridized carbons (Fsp3) is 0.462. The van der Waals surface area contributed by atoms with Gasteiger partial charge in [-0.15, -0.1) is 0 Å². The first-order chi connectivity index (χ1) is 9.08. The summed E-state index contributed by atoms with van der Waals surface area (Å²) in [4.78, 5) is 26.7. The van der Waals surface area contributed by atoms with Crippen LogP contribution in [-0.4, -0.2) is 22.0 Å². The molecule has 5 nitrogen and oxygen atoms in total. The van der Waals surface area contributed by atoms with Gasteiger partial charge in [-0.25, -0.2) is 4.98 Å². The Kier molecular flexibility index (Phi) is 4.09. The molecule has 6 heteroatoms. The molecule has 0 spiro atoms. The maximum Gasteiger partial charge on any atom is 0.307 e. The van der Waals surface area contributed by atoms with Gasteiger partial charge >= 0.3 is 5.97 Å². The van der Waals surface area contributed by atoms with E-state index >= 15 is 0 Å². The first-order valence-corrected chi connectivity index (χ1v) is 6.24. The minimum atomic E-state index is -0.952. The van der Waals surface area contributed by atoms with Crippen molar-refractivity contribution in [3.63, 3.8) is 0 Å². The van der Waals surface area contributed by atoms with Crippen LogP contribution in [0.5, 0.6) is 0 Å². The molecule has 1 aromatic rings. The first kappa shape index (κ1) is 13.5. The van der Waals surface area contributed by atoms with Crippen LogP contribution in [0.2, 0.25) is 0 Å². The number of carbonyl (C=O) groups excluding carboxylic acids is 1. The van der Waals surface area contributed by atoms with Crippen LogP contribution in [0.25, 0.3) is 0 Å². The standard InChI is InChI=1S/C13H15FN2O3/c14-10-6-3-7-11(15-10)16-12(17)8-4-1-2-5-9(8)13(18)19/h3,6-9H,1-2,4-5H2,(H,18,19)(H,15,16,17). The number of hydrogen-bond donors (Lipinski definition) is 2. The van der Waals surface area contributed by atoms with E-state index < -0.39 is 29.7 Å². The Morgan fingerprint density at radius 2 is 1.95 bits per heavy atom. The van der Waals surface area contributed by atoms with Gasteiger partial charge in [-0.05, 0) is 25.0 Å². The van der Waals surface area contributed by atoms with Gasteiger partial charge in [-0.1, -0.05) is 18.9 Å². The zero-order valence-corrected chi connectivity index (χ0v) is 10.3. The van der Waals surface area contributed by atoms with Gasteiger partial charge in [0.1, 0.15) is 5.82 Å². The predicted molar refractivity (Wildman–Crippen MR) is 65.9 cm³/mol. The summed E-state index contributed by atoms with van der Waals surface area (Å²) >= 11 is 0. The number of aromatic nitrogens is 1. The number of nitrogens with one attached hydrogen (secondary N) is 1. The van der Waals surface area contributed by atoms with Crippen molar-refractivity contribution in [2.75, 3.05) is 5.32 Å². The van der Waals surface area contributed by atoms with Crippen LogP contribution in [0.3, 0.4) is 0 Å². The van der Waals surface area contributed by atoms with Crippen molar-refractivity contribution in [1.82, 2.24) is 4.98 Å². The summed E-state index contributed by atoms with van der Waals surface area (Å²) in [7, 11) is 0. The third-order valence-electron chi connectivity index (χ3n) is 3.39. The number of halogens is 1. The summed E-state index contributed by atoms with van der Waals surface area (Å²) in [5.41, 5.74) is 0. The second-order valence-electron chi connectivity index (χ2n) is 4.67. The van der Waals surface area contributed by atoms with E-state index in [1.165, 1.54) is 18.2 Å². The highest BCUT2D eigenvalue weighted by molar-refractivity contribution is 5.94. The molecule has 19 heavy (non-hydrogen) atoms. The first-order valence-electron chi connectivity index (χ1n) is 6.24. The average molecular weight is 266 g/mol. The van der Waals surface area contributed by atoms with Crippen molar-refractivity contribution in [1.29, 1.82) is 0 Å². The van der Waals surface area contributed by atoms with E-state index in [0.717, 1.165) is 12.8 Å². The van der Waals surface area contributed by atoms with Crippen LogP contribution in [0, 0.1) is 17.8 Å². The Hall–Kier alpha value is -1.98. The van der Waals surface area contributed by atoms with Crippen LogP contribution in [-0.2, 0) is 9.59 Å². The molecule has 2 N–H and O–H groups in total. The number of hydrogen-bond acceptors (Lipinski definition) is 3. The SMILES string of the molecule is O=C(O)C1CCCCC1C(=O)Nc1cccc(F)n1. The Morgan fingerprint density at radius 1 is 1.26 bits per heavy atom. The lowest BCUT2D eigenvalue weighted by Gasteiger charge is -2.27. The molecular formula is C13H15FN2O3. The van der Waals surface area contributed by atoms with Gasteiger partial charge in [-0.2, -0.15) is 4.39 Å². The smallest absolute Gasteiger partial charge is 0.307 e. The molecule has 1 aromatic heterocycles. The van der Waals surface area contributed by atoms with Gasteiger partial charge in [0.25, 0.3) is 0 Å². The number of pyridine rings is 1. The summed E-state index contributed by atoms with van der Waals surface area (Å²) < 4.78 is 12.9. The summed E-state index contributed by atoms with van der Waals surface area (Å²) in [6.45, 7) is 0. The van der Waals surface area contributed by atoms with Gasteiger partial charge in [0.05, 0.1) is 11.8 Å². The minimum absolute atomic E-state index is 0.111. The van der Waals surface area contributed by atoms with E-state index in [2.05, 4.69) is 10.3 Å². The third-order valence-corrected chi connectivity index (χ3v) is 3.39. The highest BCUT2D eigenvalue weighted by Crippen LogP contribution is 2.31. The molecule has 1 aliphatic rings. The Morgan fingerprint density at radius 3 is 2.58 bits per heavy atom. The number of rotatable bonds is 3. The van der Waals surface area contributed by atoms with Crippen molar-refractivity contribution >= 4 is 17.7 Å². The van der Waals surface area contributed by atoms with Gasteiger partial charge in [0, 0.05) is 0 Å². The van der Waals surface area contributed by atoms with Crippen LogP contribution >= 0.6 is 0 Å². The number of carboxylic acid groups (broad SMARTS) is 1. The second kappa shape index (κ2) is 5.77. The van der Waals surface area contributed by atoms with Crippen molar-refractivity contribution < 1.29 is 19.1 Å². The van der Waals surface area contributed by atoms with E-state index in [9.17, 15) is 14.0 Å². The summed E-state index contributed by atoms with van der Waals surface area (Å²) in [5.74, 6) is -3.16. The molecule has 2 unspecified atom stereocenters. The highest BCUT2D eigenvalue weighted by Gasteiger charge is 2.35. The van der Waals surface area contributed by atoms with E-state index in [1.54, 1.807) is 0 Å². The molecule has 1 amide bonds. The highest BCUT2D eigenvalue weighted by atomic mass is 19.1. The largest absolute Gasteiger partial charge is 0.481 e. The molecule has 1 saturated carbocycles. The maximum atomic E-state index is 12.9. The molecule has 0 saturated heterocycles. The van der Waals surface area contributed by atoms with Gasteiger partial charge < -0.3 is 10.4 Å². The van der Waals surface area contributed by atoms with E-state index in [1.807, 2.05) is 0 Å². The molecule has 0 radical (unpaired) electrons. The van der Waals surface area contributed by atoms with E-state index in [-0.39, 0.29) is 5.82 Å². The van der Waals surface area contributed by atoms with Gasteiger partial charge in [0.2, 0.25) is 11.9 Å². The molecule has 102 valence electrons. The Bertz CT molecular complexity index is 493. The lowest BCUT2D eigenvalue weighted by atomic mass is 9.79. The van der Waals surface area contributed by atoms with Crippen molar-refractivity contribution in [3.8, 4) is 0 Å². The molecule has 1 aliphatic carbocycles. The van der Waals surface area contributed by atoms with Crippen molar-refractivity contribution in [2.45, 2.75) is 25.7 Å². The monoisotopic (exact) mass is 266 g/mol. The fourth-order valence-electron chi connectivity index (χ4n) is 2.44. The van der Waals surface area contributed by atoms with Crippen molar-refractivity contribution in [3.05, 3.63) is 24.1 Å². The van der Waals surface area contributed by atoms with E-state index in [0.29, 0.717) is 12.8 Å². The van der Waals surface area contributed by atoms with Crippen LogP contribution < -0.4 is 5.32 Å². The summed E-state index contributed by atoms with van der Waals surface area (Å²) in [6, 6.07) is 4.09. The number of nitrogens with zero attached hydrogens (tertiary/aromatic N) is 1. The Labute approximate surface area is 109 Å². The number of anilines is 1. The van der Waals surface area contributed by atoms with Gasteiger partial charge in [0.15, 0.2) is 0 Å². The minimum Gasteiger partial charge on any atom is -0.481 e. The van der Waals surface area contributed by atoms with Crippen molar-refractivity contribution in [2.24, 2.45) is 11.8 Å². The molecule has 1 heterocycles. The molecule has 2 atom stereocenters. The third kappa shape index (κ3) is 3.27. The quantitative estimate of drug-likeness (QED) is 0.821. The van der Waals surface area contributed by atoms with Crippen LogP contribution in [0.1, 0.15) is 25.7 Å². The second-order valence-corrected chi connectivity index (χ2v) is 4.67. The lowest BCUT2D eigenvalue weighted by Crippen LogP contribution is -2.36. The average Bonchev–Trinajstić information content (AvgIpc) is 2.38. The zero-order chi connectivity index (χ0) is 13.8. The molecular weight excluding hydrogens is 251 g/mol. The number of amides is 1. The number of carboxylic acids is 1. The van der Waals surface area contributed by atoms with Crippen LogP contribution in [0.15, 0.2) is 18.2 Å². The zero-order valence-electron chi connectivity index (χ0n) is 10.3. The predicted octanol–water partition coefficient (Wildman–Crippen LogP) is 2.05. The maximum absolute atomic E-state index is 12.9. The molecule has 0 aliphatic heterocycles. The van der Waals surface area contributed by atoms with Crippen LogP contribution in [0.4, 0.5) is 10.2 Å². The number of aliphatic carboxylic acids is 1. The summed E-state index contributed by atoms with van der Waals surface area (Å²) in [5, 5.41) is 11.6. The fourth-order valence-corrected chi connectivity index (χ4v) is 2.44.